The average Bonchev–Trinajstić information content (AvgIpc) is 3.13. The third-order valence-electron chi connectivity index (χ3n) is 5.79. The number of carbonyl (C=O) groups is 1. The molecule has 1 aromatic carbocycles. The van der Waals surface area contributed by atoms with Gasteiger partial charge in [-0.25, -0.2) is 0 Å². The number of hydrogen-bond acceptors (Lipinski definition) is 2. The largest absolute Gasteiger partial charge is 0.465 e. The first-order chi connectivity index (χ1) is 10.7. The van der Waals surface area contributed by atoms with Crippen molar-refractivity contribution < 1.29 is 10.9 Å². The molecule has 1 unspecified atom stereocenters. The summed E-state index contributed by atoms with van der Waals surface area (Å²) < 4.78 is 12.8. The number of rotatable bonds is 1. The van der Waals surface area contributed by atoms with E-state index >= 15 is 0 Å². The van der Waals surface area contributed by atoms with Crippen molar-refractivity contribution in [1.29, 1.82) is 0 Å². The fraction of sp³-hybridized carbons (Fsp3) is 0.632. The second-order valence-corrected chi connectivity index (χ2v) is 7.41. The molecule has 1 heterocycles. The Labute approximate surface area is 128 Å². The Balaban J connectivity index is 1.51. The van der Waals surface area contributed by atoms with Gasteiger partial charge in [0.25, 0.3) is 0 Å². The fourth-order valence-corrected chi connectivity index (χ4v) is 4.53. The smallest absolute Gasteiger partial charge is 0.306 e. The number of aryl methyl sites for hydroxylation is 1. The third kappa shape index (κ3) is 2.39. The quantitative estimate of drug-likeness (QED) is 0.729. The van der Waals surface area contributed by atoms with Crippen LogP contribution < -0.4 is 0 Å². The van der Waals surface area contributed by atoms with Crippen molar-refractivity contribution in [3.8, 4) is 0 Å². The first-order valence-corrected chi connectivity index (χ1v) is 8.24. The van der Waals surface area contributed by atoms with Crippen LogP contribution >= 0.6 is 0 Å². The number of benzene rings is 1. The van der Waals surface area contributed by atoms with Crippen molar-refractivity contribution in [3.05, 3.63) is 34.9 Å². The van der Waals surface area contributed by atoms with Crippen LogP contribution in [-0.4, -0.2) is 12.6 Å². The van der Waals surface area contributed by atoms with Gasteiger partial charge in [0.15, 0.2) is 0 Å². The maximum Gasteiger partial charge on any atom is 0.306 e. The summed E-state index contributed by atoms with van der Waals surface area (Å²) in [6.45, 7) is 1.19. The van der Waals surface area contributed by atoms with E-state index < -0.39 is 0 Å². The van der Waals surface area contributed by atoms with E-state index in [0.717, 1.165) is 32.1 Å². The Morgan fingerprint density at radius 3 is 3.10 bits per heavy atom. The van der Waals surface area contributed by atoms with Crippen LogP contribution in [0.25, 0.3) is 0 Å². The van der Waals surface area contributed by atoms with Crippen molar-refractivity contribution >= 4 is 5.97 Å². The molecule has 1 saturated heterocycles. The third-order valence-corrected chi connectivity index (χ3v) is 5.79. The first kappa shape index (κ1) is 12.3. The molecule has 1 aliphatic heterocycles. The van der Waals surface area contributed by atoms with Gasteiger partial charge < -0.3 is 4.74 Å². The van der Waals surface area contributed by atoms with Crippen LogP contribution in [0.5, 0.6) is 0 Å². The van der Waals surface area contributed by atoms with Gasteiger partial charge in [-0.2, -0.15) is 0 Å². The lowest BCUT2D eigenvalue weighted by atomic mass is 9.81. The van der Waals surface area contributed by atoms with Crippen LogP contribution in [0, 0.1) is 11.3 Å². The highest BCUT2D eigenvalue weighted by Gasteiger charge is 2.46. The second-order valence-electron chi connectivity index (χ2n) is 7.41. The van der Waals surface area contributed by atoms with Crippen molar-refractivity contribution in [3.63, 3.8) is 0 Å². The normalized spacial score (nSPS) is 35.6. The van der Waals surface area contributed by atoms with E-state index in [2.05, 4.69) is 18.2 Å². The predicted molar refractivity (Wildman–Crippen MR) is 82.2 cm³/mol. The fourth-order valence-electron chi connectivity index (χ4n) is 4.53. The van der Waals surface area contributed by atoms with Crippen LogP contribution in [0.3, 0.4) is 0 Å². The Morgan fingerprint density at radius 1 is 1.33 bits per heavy atom. The summed E-state index contributed by atoms with van der Waals surface area (Å²) in [6, 6.07) is 7.01. The highest BCUT2D eigenvalue weighted by Crippen LogP contribution is 2.51. The maximum atomic E-state index is 11.5. The molecule has 3 atom stereocenters. The summed E-state index contributed by atoms with van der Waals surface area (Å²) in [6.07, 6.45) is 7.41. The molecular weight excluding hydrogens is 260 g/mol. The van der Waals surface area contributed by atoms with Gasteiger partial charge >= 0.3 is 5.97 Å². The summed E-state index contributed by atoms with van der Waals surface area (Å²) in [4.78, 5) is 11.5. The van der Waals surface area contributed by atoms with E-state index in [1.807, 2.05) is 0 Å². The molecule has 0 N–H and O–H groups in total. The van der Waals surface area contributed by atoms with E-state index in [0.29, 0.717) is 31.8 Å². The van der Waals surface area contributed by atoms with Crippen molar-refractivity contribution in [2.45, 2.75) is 57.8 Å². The lowest BCUT2D eigenvalue weighted by molar-refractivity contribution is -0.137. The van der Waals surface area contributed by atoms with E-state index in [4.69, 9.17) is 6.11 Å². The zero-order valence-electron chi connectivity index (χ0n) is 13.6. The first-order valence-electron chi connectivity index (χ1n) is 8.95. The number of hydrogen-bond donors (Lipinski definition) is 0. The zero-order chi connectivity index (χ0) is 15.2. The Hall–Kier alpha value is -1.31. The van der Waals surface area contributed by atoms with Crippen molar-refractivity contribution in [2.24, 2.45) is 11.3 Å². The molecule has 0 aromatic heterocycles. The van der Waals surface area contributed by atoms with Gasteiger partial charge in [-0.05, 0) is 67.1 Å². The molecule has 1 aromatic rings. The standard InChI is InChI=1S/C19H24O2/c1-13-2-3-15-9-16(5-4-14(15)8-13)17-6-7-19(10-17)11-18(20)21-12-19/h4-5,9,13,17H,2-3,6-8,10-12H2,1H3/t13?,17-,19+/m1/s1/i1T. The number of fused-ring (bicyclic) bond motifs is 1. The zero-order valence-corrected chi connectivity index (χ0v) is 12.6. The Morgan fingerprint density at radius 2 is 2.29 bits per heavy atom. The average molecular weight is 286 g/mol. The van der Waals surface area contributed by atoms with Gasteiger partial charge in [0.05, 0.1) is 13.0 Å². The Kier molecular flexibility index (Phi) is 2.84. The minimum Gasteiger partial charge on any atom is -0.465 e. The predicted octanol–water partition coefficient (Wildman–Crippen LogP) is 4.01. The summed E-state index contributed by atoms with van der Waals surface area (Å²) in [5.74, 6) is 1.14. The summed E-state index contributed by atoms with van der Waals surface area (Å²) in [5, 5.41) is 0. The van der Waals surface area contributed by atoms with Crippen molar-refractivity contribution in [1.82, 2.24) is 0 Å². The lowest BCUT2D eigenvalue weighted by Crippen LogP contribution is -2.16. The van der Waals surface area contributed by atoms with E-state index in [9.17, 15) is 4.79 Å². The van der Waals surface area contributed by atoms with E-state index in [1.165, 1.54) is 23.1 Å². The molecule has 0 radical (unpaired) electrons. The topological polar surface area (TPSA) is 26.3 Å². The minimum absolute atomic E-state index is 0.00692. The van der Waals surface area contributed by atoms with Gasteiger partial charge in [-0.15, -0.1) is 0 Å². The molecule has 3 aliphatic rings. The maximum absolute atomic E-state index is 11.5. The van der Waals surface area contributed by atoms with Gasteiger partial charge in [-0.3, -0.25) is 4.79 Å². The highest BCUT2D eigenvalue weighted by molar-refractivity contribution is 5.72. The number of carbonyl (C=O) groups excluding carboxylic acids is 1. The summed E-state index contributed by atoms with van der Waals surface area (Å²) >= 11 is 0. The molecule has 2 aliphatic carbocycles. The van der Waals surface area contributed by atoms with Crippen LogP contribution in [0.2, 0.25) is 0 Å². The monoisotopic (exact) mass is 286 g/mol. The number of esters is 1. The molecular formula is C19H24O2. The van der Waals surface area contributed by atoms with Gasteiger partial charge in [0.2, 0.25) is 0 Å². The molecule has 1 saturated carbocycles. The minimum atomic E-state index is -0.00692. The van der Waals surface area contributed by atoms with Crippen molar-refractivity contribution in [2.75, 3.05) is 6.61 Å². The van der Waals surface area contributed by atoms with Gasteiger partial charge in [0.1, 0.15) is 0 Å². The van der Waals surface area contributed by atoms with E-state index in [1.54, 1.807) is 0 Å². The van der Waals surface area contributed by atoms with Crippen LogP contribution in [0.4, 0.5) is 0 Å². The Bertz CT molecular complexity index is 597. The molecule has 0 amide bonds. The molecule has 1 spiro atoms. The second kappa shape index (κ2) is 4.86. The van der Waals surface area contributed by atoms with Crippen LogP contribution in [0.15, 0.2) is 18.2 Å². The molecule has 112 valence electrons. The summed E-state index contributed by atoms with van der Waals surface area (Å²) in [5.41, 5.74) is 4.55. The molecule has 21 heavy (non-hydrogen) atoms. The molecule has 2 fully saturated rings. The molecule has 4 rings (SSSR count). The summed E-state index contributed by atoms with van der Waals surface area (Å²) in [7, 11) is 0. The highest BCUT2D eigenvalue weighted by atomic mass is 16.5. The molecule has 0 bridgehead atoms. The molecule has 2 heteroatoms. The van der Waals surface area contributed by atoms with Gasteiger partial charge in [0, 0.05) is 6.79 Å². The van der Waals surface area contributed by atoms with Crippen LogP contribution in [-0.2, 0) is 22.4 Å². The SMILES string of the molecule is [3H]CC1CCc2cc([C@@H]3CC[C@]4(COC(=O)C4)C3)ccc2C1. The van der Waals surface area contributed by atoms with E-state index in [-0.39, 0.29) is 11.4 Å². The number of cyclic esters (lactones) is 1. The molecule has 2 nitrogen and oxygen atoms in total. The number of ether oxygens (including phenoxy) is 1. The van der Waals surface area contributed by atoms with Gasteiger partial charge in [-0.1, -0.05) is 25.1 Å². The lowest BCUT2D eigenvalue weighted by Gasteiger charge is -2.24. The van der Waals surface area contributed by atoms with Crippen LogP contribution in [0.1, 0.15) is 63.0 Å².